The first-order chi connectivity index (χ1) is 10.5. The normalized spacial score (nSPS) is 11.1. The summed E-state index contributed by atoms with van der Waals surface area (Å²) >= 11 is 0. The lowest BCUT2D eigenvalue weighted by molar-refractivity contribution is 0.0952. The number of pyridine rings is 1. The largest absolute Gasteiger partial charge is 0.348 e. The number of rotatable bonds is 3. The molecule has 0 saturated carbocycles. The number of fused-ring (bicyclic) bond motifs is 1. The molecule has 0 saturated heterocycles. The minimum absolute atomic E-state index is 0.176. The van der Waals surface area contributed by atoms with Crippen molar-refractivity contribution in [2.75, 3.05) is 0 Å². The van der Waals surface area contributed by atoms with E-state index in [-0.39, 0.29) is 5.91 Å². The highest BCUT2D eigenvalue weighted by atomic mass is 16.5. The zero-order valence-electron chi connectivity index (χ0n) is 13.0. The van der Waals surface area contributed by atoms with Gasteiger partial charge in [-0.2, -0.15) is 5.10 Å². The molecule has 7 nitrogen and oxygen atoms in total. The molecule has 0 aromatic carbocycles. The third-order valence-electron chi connectivity index (χ3n) is 3.77. The Balaban J connectivity index is 1.89. The van der Waals surface area contributed by atoms with E-state index in [1.165, 1.54) is 0 Å². The van der Waals surface area contributed by atoms with Crippen molar-refractivity contribution in [2.24, 2.45) is 7.05 Å². The van der Waals surface area contributed by atoms with Crippen LogP contribution >= 0.6 is 0 Å². The van der Waals surface area contributed by atoms with Crippen LogP contribution in [-0.4, -0.2) is 25.8 Å². The Morgan fingerprint density at radius 3 is 2.82 bits per heavy atom. The maximum atomic E-state index is 12.5. The molecule has 0 fully saturated rings. The van der Waals surface area contributed by atoms with Gasteiger partial charge in [-0.05, 0) is 26.8 Å². The molecular weight excluding hydrogens is 282 g/mol. The maximum absolute atomic E-state index is 12.5. The Morgan fingerprint density at radius 2 is 2.14 bits per heavy atom. The number of nitrogens with one attached hydrogen (secondary N) is 1. The molecule has 0 bridgehead atoms. The molecule has 0 aliphatic carbocycles. The van der Waals surface area contributed by atoms with Gasteiger partial charge in [-0.25, -0.2) is 4.98 Å². The number of amides is 1. The molecule has 7 heteroatoms. The van der Waals surface area contributed by atoms with E-state index in [1.807, 2.05) is 20.9 Å². The third kappa shape index (κ3) is 2.34. The van der Waals surface area contributed by atoms with Crippen molar-refractivity contribution in [1.29, 1.82) is 0 Å². The molecule has 3 aromatic heterocycles. The van der Waals surface area contributed by atoms with Crippen LogP contribution in [0, 0.1) is 20.8 Å². The van der Waals surface area contributed by atoms with Gasteiger partial charge in [-0.3, -0.25) is 9.48 Å². The van der Waals surface area contributed by atoms with Crippen molar-refractivity contribution in [1.82, 2.24) is 25.2 Å². The number of carbonyl (C=O) groups excluding carboxylic acids is 1. The summed E-state index contributed by atoms with van der Waals surface area (Å²) in [7, 11) is 1.87. The van der Waals surface area contributed by atoms with Crippen molar-refractivity contribution in [3.05, 3.63) is 40.5 Å². The van der Waals surface area contributed by atoms with E-state index in [0.717, 1.165) is 11.3 Å². The second-order valence-corrected chi connectivity index (χ2v) is 5.32. The Hall–Kier alpha value is -2.70. The Kier molecular flexibility index (Phi) is 3.40. The minimum atomic E-state index is -0.176. The lowest BCUT2D eigenvalue weighted by Crippen LogP contribution is -2.23. The minimum Gasteiger partial charge on any atom is -0.348 e. The molecule has 0 atom stereocenters. The van der Waals surface area contributed by atoms with Gasteiger partial charge >= 0.3 is 0 Å². The van der Waals surface area contributed by atoms with Gasteiger partial charge in [-0.1, -0.05) is 5.16 Å². The summed E-state index contributed by atoms with van der Waals surface area (Å²) in [6.07, 6.45) is 1.76. The summed E-state index contributed by atoms with van der Waals surface area (Å²) in [6.45, 7) is 6.00. The maximum Gasteiger partial charge on any atom is 0.258 e. The number of hydrogen-bond acceptors (Lipinski definition) is 5. The van der Waals surface area contributed by atoms with E-state index in [9.17, 15) is 4.79 Å². The molecule has 3 aromatic rings. The highest BCUT2D eigenvalue weighted by Crippen LogP contribution is 2.21. The van der Waals surface area contributed by atoms with Crippen molar-refractivity contribution in [2.45, 2.75) is 27.3 Å². The standard InChI is InChI=1S/C15H17N5O2/c1-8-5-12(13-9(2)19-22-15(13)18-8)14(21)16-6-11-7-17-20(4)10(11)3/h5,7H,6H2,1-4H3,(H,16,21). The Bertz CT molecular complexity index is 862. The van der Waals surface area contributed by atoms with Gasteiger partial charge in [-0.15, -0.1) is 0 Å². The number of nitrogens with zero attached hydrogens (tertiary/aromatic N) is 4. The highest BCUT2D eigenvalue weighted by molar-refractivity contribution is 6.05. The average molecular weight is 299 g/mol. The summed E-state index contributed by atoms with van der Waals surface area (Å²) in [5, 5.41) is 11.6. The van der Waals surface area contributed by atoms with Gasteiger partial charge < -0.3 is 9.84 Å². The second-order valence-electron chi connectivity index (χ2n) is 5.32. The van der Waals surface area contributed by atoms with Crippen molar-refractivity contribution >= 4 is 17.0 Å². The zero-order valence-corrected chi connectivity index (χ0v) is 13.0. The number of aryl methyl sites for hydroxylation is 3. The first kappa shape index (κ1) is 14.2. The number of hydrogen-bond donors (Lipinski definition) is 1. The van der Waals surface area contributed by atoms with E-state index in [0.29, 0.717) is 34.6 Å². The highest BCUT2D eigenvalue weighted by Gasteiger charge is 2.18. The Labute approximate surface area is 127 Å². The van der Waals surface area contributed by atoms with Crippen LogP contribution in [0.4, 0.5) is 0 Å². The quantitative estimate of drug-likeness (QED) is 0.797. The smallest absolute Gasteiger partial charge is 0.258 e. The van der Waals surface area contributed by atoms with Crippen LogP contribution in [0.3, 0.4) is 0 Å². The molecule has 22 heavy (non-hydrogen) atoms. The van der Waals surface area contributed by atoms with Crippen molar-refractivity contribution in [3.63, 3.8) is 0 Å². The van der Waals surface area contributed by atoms with Gasteiger partial charge in [0.25, 0.3) is 11.6 Å². The molecule has 114 valence electrons. The summed E-state index contributed by atoms with van der Waals surface area (Å²) in [5.74, 6) is -0.176. The lowest BCUT2D eigenvalue weighted by atomic mass is 10.1. The van der Waals surface area contributed by atoms with Crippen LogP contribution in [-0.2, 0) is 13.6 Å². The summed E-state index contributed by atoms with van der Waals surface area (Å²) in [4.78, 5) is 16.8. The van der Waals surface area contributed by atoms with Gasteiger partial charge in [0.1, 0.15) is 0 Å². The summed E-state index contributed by atoms with van der Waals surface area (Å²) in [6, 6.07) is 1.75. The third-order valence-corrected chi connectivity index (χ3v) is 3.77. The molecule has 0 aliphatic heterocycles. The van der Waals surface area contributed by atoms with Gasteiger partial charge in [0, 0.05) is 30.5 Å². The average Bonchev–Trinajstić information content (AvgIpc) is 3.00. The molecular formula is C15H17N5O2. The lowest BCUT2D eigenvalue weighted by Gasteiger charge is -2.07. The second kappa shape index (κ2) is 5.25. The van der Waals surface area contributed by atoms with E-state index in [2.05, 4.69) is 20.6 Å². The fourth-order valence-corrected chi connectivity index (χ4v) is 2.39. The molecule has 3 rings (SSSR count). The summed E-state index contributed by atoms with van der Waals surface area (Å²) in [5.41, 5.74) is 4.30. The Morgan fingerprint density at radius 1 is 1.36 bits per heavy atom. The predicted molar refractivity (Wildman–Crippen MR) is 80.4 cm³/mol. The fraction of sp³-hybridized carbons (Fsp3) is 0.333. The van der Waals surface area contributed by atoms with Crippen molar-refractivity contribution in [3.8, 4) is 0 Å². The van der Waals surface area contributed by atoms with Crippen LogP contribution in [0.25, 0.3) is 11.1 Å². The zero-order chi connectivity index (χ0) is 15.9. The molecule has 3 heterocycles. The first-order valence-corrected chi connectivity index (χ1v) is 6.96. The molecule has 1 N–H and O–H groups in total. The molecule has 0 aliphatic rings. The fourth-order valence-electron chi connectivity index (χ4n) is 2.39. The van der Waals surface area contributed by atoms with Crippen molar-refractivity contribution < 1.29 is 9.32 Å². The molecule has 1 amide bonds. The van der Waals surface area contributed by atoms with E-state index < -0.39 is 0 Å². The van der Waals surface area contributed by atoms with Crippen LogP contribution in [0.2, 0.25) is 0 Å². The van der Waals surface area contributed by atoms with Gasteiger partial charge in [0.05, 0.1) is 22.8 Å². The van der Waals surface area contributed by atoms with Crippen LogP contribution < -0.4 is 5.32 Å². The first-order valence-electron chi connectivity index (χ1n) is 6.96. The summed E-state index contributed by atoms with van der Waals surface area (Å²) < 4.78 is 6.93. The topological polar surface area (TPSA) is 85.8 Å². The monoisotopic (exact) mass is 299 g/mol. The molecule has 0 spiro atoms. The van der Waals surface area contributed by atoms with E-state index >= 15 is 0 Å². The van der Waals surface area contributed by atoms with Crippen LogP contribution in [0.5, 0.6) is 0 Å². The number of carbonyl (C=O) groups is 1. The van der Waals surface area contributed by atoms with E-state index in [4.69, 9.17) is 4.52 Å². The molecule has 0 radical (unpaired) electrons. The van der Waals surface area contributed by atoms with Crippen LogP contribution in [0.1, 0.15) is 33.0 Å². The van der Waals surface area contributed by atoms with E-state index in [1.54, 1.807) is 23.9 Å². The van der Waals surface area contributed by atoms with Gasteiger partial charge in [0.15, 0.2) is 0 Å². The van der Waals surface area contributed by atoms with Gasteiger partial charge in [0.2, 0.25) is 0 Å². The SMILES string of the molecule is Cc1cc(C(=O)NCc2cnn(C)c2C)c2c(C)noc2n1. The molecule has 0 unspecified atom stereocenters. The van der Waals surface area contributed by atoms with Crippen LogP contribution in [0.15, 0.2) is 16.8 Å². The predicted octanol–water partition coefficient (Wildman–Crippen LogP) is 1.81. The number of aromatic nitrogens is 4.